The summed E-state index contributed by atoms with van der Waals surface area (Å²) in [6.07, 6.45) is 2.38. The molecule has 1 N–H and O–H groups in total. The molecule has 1 aliphatic rings. The van der Waals surface area contributed by atoms with Gasteiger partial charge in [-0.05, 0) is 35.7 Å². The maximum atomic E-state index is 13.5. The van der Waals surface area contributed by atoms with E-state index in [0.29, 0.717) is 41.5 Å². The largest absolute Gasteiger partial charge is 0.493 e. The van der Waals surface area contributed by atoms with Gasteiger partial charge in [-0.3, -0.25) is 9.59 Å². The second kappa shape index (κ2) is 10.2. The van der Waals surface area contributed by atoms with E-state index in [1.807, 2.05) is 37.3 Å². The first-order valence-electron chi connectivity index (χ1n) is 10.6. The van der Waals surface area contributed by atoms with E-state index in [9.17, 15) is 9.59 Å². The van der Waals surface area contributed by atoms with Gasteiger partial charge in [-0.2, -0.15) is 0 Å². The molecule has 2 atom stereocenters. The van der Waals surface area contributed by atoms with Gasteiger partial charge in [0.2, 0.25) is 11.7 Å². The van der Waals surface area contributed by atoms with Gasteiger partial charge in [0.1, 0.15) is 0 Å². The van der Waals surface area contributed by atoms with E-state index in [-0.39, 0.29) is 11.8 Å². The van der Waals surface area contributed by atoms with Gasteiger partial charge in [0.15, 0.2) is 11.5 Å². The Morgan fingerprint density at radius 1 is 1.12 bits per heavy atom. The highest BCUT2D eigenvalue weighted by atomic mass is 16.5. The molecule has 0 bridgehead atoms. The van der Waals surface area contributed by atoms with Crippen LogP contribution in [0.3, 0.4) is 0 Å². The zero-order valence-electron chi connectivity index (χ0n) is 19.0. The zero-order chi connectivity index (χ0) is 23.3. The number of carbonyl (C=O) groups is 2. The van der Waals surface area contributed by atoms with Crippen molar-refractivity contribution in [3.63, 3.8) is 0 Å². The Morgan fingerprint density at radius 2 is 1.78 bits per heavy atom. The molecule has 0 aliphatic carbocycles. The van der Waals surface area contributed by atoms with Crippen LogP contribution >= 0.6 is 0 Å². The van der Waals surface area contributed by atoms with Crippen molar-refractivity contribution < 1.29 is 23.8 Å². The topological polar surface area (TPSA) is 77.1 Å². The van der Waals surface area contributed by atoms with Gasteiger partial charge in [0.05, 0.1) is 33.3 Å². The Balaban J connectivity index is 2.26. The van der Waals surface area contributed by atoms with Crippen molar-refractivity contribution in [1.82, 2.24) is 10.2 Å². The number of rotatable bonds is 9. The van der Waals surface area contributed by atoms with Crippen LogP contribution in [0.2, 0.25) is 0 Å². The average Bonchev–Trinajstić information content (AvgIpc) is 2.83. The molecule has 0 saturated heterocycles. The molecule has 3 rings (SSSR count). The van der Waals surface area contributed by atoms with Crippen molar-refractivity contribution in [2.45, 2.75) is 25.3 Å². The minimum Gasteiger partial charge on any atom is -0.493 e. The second-order valence-corrected chi connectivity index (χ2v) is 7.50. The fourth-order valence-electron chi connectivity index (χ4n) is 4.29. The number of nitrogens with one attached hydrogen (secondary N) is 1. The molecule has 2 amide bonds. The number of methoxy groups -OCH3 is 3. The van der Waals surface area contributed by atoms with E-state index in [0.717, 1.165) is 12.0 Å². The van der Waals surface area contributed by atoms with E-state index in [1.165, 1.54) is 7.11 Å². The van der Waals surface area contributed by atoms with Gasteiger partial charge in [0.25, 0.3) is 5.91 Å². The maximum absolute atomic E-state index is 13.5. The number of ether oxygens (including phenoxy) is 3. The summed E-state index contributed by atoms with van der Waals surface area (Å²) >= 11 is 0. The minimum absolute atomic E-state index is 0.103. The molecule has 2 aromatic carbocycles. The highest BCUT2D eigenvalue weighted by Crippen LogP contribution is 2.47. The van der Waals surface area contributed by atoms with Crippen LogP contribution in [-0.4, -0.2) is 51.1 Å². The molecule has 0 unspecified atom stereocenters. The Hall–Kier alpha value is -3.48. The third-order valence-electron chi connectivity index (χ3n) is 5.63. The van der Waals surface area contributed by atoms with Crippen molar-refractivity contribution in [3.05, 3.63) is 65.7 Å². The van der Waals surface area contributed by atoms with Crippen molar-refractivity contribution in [1.29, 1.82) is 0 Å². The normalized spacial score (nSPS) is 17.4. The van der Waals surface area contributed by atoms with E-state index in [4.69, 9.17) is 14.2 Å². The SMILES string of the molecule is C=CCNC(=O)[C@H]1c2ccccc2C(=O)N(CCC)[C@H]1c1cc(OC)c(OC)c(OC)c1. The highest BCUT2D eigenvalue weighted by molar-refractivity contribution is 6.01. The van der Waals surface area contributed by atoms with Crippen LogP contribution in [0.1, 0.15) is 46.8 Å². The van der Waals surface area contributed by atoms with Crippen LogP contribution in [-0.2, 0) is 4.79 Å². The summed E-state index contributed by atoms with van der Waals surface area (Å²) in [6, 6.07) is 10.4. The van der Waals surface area contributed by atoms with Crippen molar-refractivity contribution in [3.8, 4) is 17.2 Å². The molecule has 32 heavy (non-hydrogen) atoms. The second-order valence-electron chi connectivity index (χ2n) is 7.50. The van der Waals surface area contributed by atoms with Gasteiger partial charge in [0, 0.05) is 18.7 Å². The van der Waals surface area contributed by atoms with Gasteiger partial charge >= 0.3 is 0 Å². The third-order valence-corrected chi connectivity index (χ3v) is 5.63. The number of benzene rings is 2. The van der Waals surface area contributed by atoms with E-state index in [2.05, 4.69) is 11.9 Å². The fraction of sp³-hybridized carbons (Fsp3) is 0.360. The van der Waals surface area contributed by atoms with Crippen molar-refractivity contribution in [2.24, 2.45) is 0 Å². The first kappa shape index (κ1) is 23.2. The van der Waals surface area contributed by atoms with Crippen LogP contribution in [0.25, 0.3) is 0 Å². The van der Waals surface area contributed by atoms with Gasteiger partial charge in [-0.1, -0.05) is 31.2 Å². The minimum atomic E-state index is -0.613. The van der Waals surface area contributed by atoms with E-state index >= 15 is 0 Å². The summed E-state index contributed by atoms with van der Waals surface area (Å²) in [5.74, 6) is 0.498. The molecule has 7 heteroatoms. The summed E-state index contributed by atoms with van der Waals surface area (Å²) in [5, 5.41) is 2.92. The molecule has 0 fully saturated rings. The summed E-state index contributed by atoms with van der Waals surface area (Å²) < 4.78 is 16.5. The Morgan fingerprint density at radius 3 is 2.34 bits per heavy atom. The molecule has 0 radical (unpaired) electrons. The smallest absolute Gasteiger partial charge is 0.254 e. The van der Waals surface area contributed by atoms with Crippen LogP contribution < -0.4 is 19.5 Å². The first-order valence-corrected chi connectivity index (χ1v) is 10.6. The lowest BCUT2D eigenvalue weighted by molar-refractivity contribution is -0.124. The predicted octanol–water partition coefficient (Wildman–Crippen LogP) is 3.71. The van der Waals surface area contributed by atoms with E-state index in [1.54, 1.807) is 31.3 Å². The molecular weight excluding hydrogens is 408 g/mol. The van der Waals surface area contributed by atoms with Crippen LogP contribution in [0.5, 0.6) is 17.2 Å². The standard InChI is InChI=1S/C25H30N2O5/c1-6-12-26-24(28)21-17-10-8-9-11-18(17)25(29)27(13-7-2)22(21)16-14-19(30-3)23(32-5)20(15-16)31-4/h6,8-11,14-15,21-22H,1,7,12-13H2,2-5H3,(H,26,28)/t21-,22-/m0/s1. The number of nitrogens with zero attached hydrogens (tertiary/aromatic N) is 1. The molecule has 1 heterocycles. The third kappa shape index (κ3) is 4.15. The summed E-state index contributed by atoms with van der Waals surface area (Å²) in [6.45, 7) is 6.53. The van der Waals surface area contributed by atoms with Gasteiger partial charge in [-0.15, -0.1) is 6.58 Å². The lowest BCUT2D eigenvalue weighted by atomic mass is 9.79. The molecule has 0 spiro atoms. The number of hydrogen-bond donors (Lipinski definition) is 1. The first-order chi connectivity index (χ1) is 15.5. The summed E-state index contributed by atoms with van der Waals surface area (Å²) in [4.78, 5) is 28.7. The van der Waals surface area contributed by atoms with Gasteiger partial charge in [-0.25, -0.2) is 0 Å². The highest BCUT2D eigenvalue weighted by Gasteiger charge is 2.44. The number of amides is 2. The molecule has 2 aromatic rings. The average molecular weight is 439 g/mol. The molecule has 0 aromatic heterocycles. The fourth-order valence-corrected chi connectivity index (χ4v) is 4.29. The van der Waals surface area contributed by atoms with Crippen molar-refractivity contribution in [2.75, 3.05) is 34.4 Å². The molecule has 0 saturated carbocycles. The molecule has 1 aliphatic heterocycles. The maximum Gasteiger partial charge on any atom is 0.254 e. The predicted molar refractivity (Wildman–Crippen MR) is 123 cm³/mol. The monoisotopic (exact) mass is 438 g/mol. The molecular formula is C25H30N2O5. The number of hydrogen-bond acceptors (Lipinski definition) is 5. The zero-order valence-corrected chi connectivity index (χ0v) is 19.0. The Bertz CT molecular complexity index is 979. The Labute approximate surface area is 189 Å². The lowest BCUT2D eigenvalue weighted by Crippen LogP contribution is -2.47. The lowest BCUT2D eigenvalue weighted by Gasteiger charge is -2.42. The Kier molecular flexibility index (Phi) is 7.41. The van der Waals surface area contributed by atoms with Crippen LogP contribution in [0, 0.1) is 0 Å². The molecule has 170 valence electrons. The summed E-state index contributed by atoms with van der Waals surface area (Å²) in [7, 11) is 4.62. The number of carbonyl (C=O) groups excluding carboxylic acids is 2. The van der Waals surface area contributed by atoms with Crippen LogP contribution in [0.15, 0.2) is 49.1 Å². The van der Waals surface area contributed by atoms with Gasteiger partial charge < -0.3 is 24.4 Å². The van der Waals surface area contributed by atoms with Crippen LogP contribution in [0.4, 0.5) is 0 Å². The van der Waals surface area contributed by atoms with Crippen molar-refractivity contribution >= 4 is 11.8 Å². The molecule has 7 nitrogen and oxygen atoms in total. The quantitative estimate of drug-likeness (QED) is 0.604. The summed E-state index contributed by atoms with van der Waals surface area (Å²) in [5.41, 5.74) is 1.98. The number of fused-ring (bicyclic) bond motifs is 1. The van der Waals surface area contributed by atoms with E-state index < -0.39 is 12.0 Å².